The van der Waals surface area contributed by atoms with Gasteiger partial charge in [0.1, 0.15) is 0 Å². The molecule has 0 bridgehead atoms. The summed E-state index contributed by atoms with van der Waals surface area (Å²) in [6.45, 7) is 0. The zero-order valence-corrected chi connectivity index (χ0v) is 32.6. The molecule has 1 heteroatoms. The Kier molecular flexibility index (Phi) is 9.68. The minimum absolute atomic E-state index is 1.09. The maximum atomic E-state index is 2.39. The molecule has 10 aromatic carbocycles. The van der Waals surface area contributed by atoms with Gasteiger partial charge in [0.2, 0.25) is 0 Å². The first-order valence-electron chi connectivity index (χ1n) is 20.2. The fourth-order valence-electron chi connectivity index (χ4n) is 8.17. The zero-order chi connectivity index (χ0) is 39.4. The van der Waals surface area contributed by atoms with Crippen molar-refractivity contribution in [3.63, 3.8) is 0 Å². The topological polar surface area (TPSA) is 3.24 Å². The van der Waals surface area contributed by atoms with Gasteiger partial charge in [0.25, 0.3) is 0 Å². The summed E-state index contributed by atoms with van der Waals surface area (Å²) in [6.07, 6.45) is 0. The van der Waals surface area contributed by atoms with Crippen LogP contribution in [0.5, 0.6) is 0 Å². The van der Waals surface area contributed by atoms with Gasteiger partial charge in [-0.3, -0.25) is 0 Å². The van der Waals surface area contributed by atoms with E-state index >= 15 is 0 Å². The summed E-state index contributed by atoms with van der Waals surface area (Å²) in [6, 6.07) is 89.8. The molecular weight excluding hydrogens is 711 g/mol. The first-order valence-corrected chi connectivity index (χ1v) is 20.2. The average Bonchev–Trinajstić information content (AvgIpc) is 3.33. The SMILES string of the molecule is c1ccc(-c2ccc(-c3cccc(N(c4ccc(-c5ccc(-c6cccc(-c7ccc8ccccc8c7)c6)cc5)cc4)c4ccccc4-c4ccccc4)c3)cc2)cc1. The number of hydrogen-bond donors (Lipinski definition) is 0. The number of anilines is 3. The molecule has 0 radical (unpaired) electrons. The third kappa shape index (κ3) is 7.46. The molecule has 0 aliphatic heterocycles. The van der Waals surface area contributed by atoms with Gasteiger partial charge in [-0.1, -0.05) is 206 Å². The normalized spacial score (nSPS) is 11.1. The summed E-state index contributed by atoms with van der Waals surface area (Å²) >= 11 is 0. The van der Waals surface area contributed by atoms with Crippen LogP contribution in [0.3, 0.4) is 0 Å². The quantitative estimate of drug-likeness (QED) is 0.142. The van der Waals surface area contributed by atoms with Gasteiger partial charge >= 0.3 is 0 Å². The van der Waals surface area contributed by atoms with Crippen molar-refractivity contribution >= 4 is 27.8 Å². The van der Waals surface area contributed by atoms with E-state index in [-0.39, 0.29) is 0 Å². The maximum Gasteiger partial charge on any atom is 0.0540 e. The van der Waals surface area contributed by atoms with Crippen LogP contribution in [0.25, 0.3) is 77.5 Å². The van der Waals surface area contributed by atoms with E-state index in [1.807, 2.05) is 0 Å². The Bertz CT molecular complexity index is 3000. The highest BCUT2D eigenvalue weighted by molar-refractivity contribution is 5.90. The van der Waals surface area contributed by atoms with Gasteiger partial charge in [0, 0.05) is 16.9 Å². The van der Waals surface area contributed by atoms with Crippen molar-refractivity contribution in [3.8, 4) is 66.8 Å². The zero-order valence-electron chi connectivity index (χ0n) is 32.6. The second-order valence-corrected chi connectivity index (χ2v) is 15.0. The Morgan fingerprint density at radius 2 is 0.610 bits per heavy atom. The Balaban J connectivity index is 0.971. The van der Waals surface area contributed by atoms with Crippen LogP contribution in [0.15, 0.2) is 249 Å². The van der Waals surface area contributed by atoms with Crippen LogP contribution in [-0.4, -0.2) is 0 Å². The van der Waals surface area contributed by atoms with Crippen molar-refractivity contribution in [1.82, 2.24) is 0 Å². The third-order valence-corrected chi connectivity index (χ3v) is 11.3. The Morgan fingerprint density at radius 1 is 0.203 bits per heavy atom. The second-order valence-electron chi connectivity index (χ2n) is 15.0. The van der Waals surface area contributed by atoms with E-state index in [0.29, 0.717) is 0 Å². The summed E-state index contributed by atoms with van der Waals surface area (Å²) in [5, 5.41) is 2.52. The van der Waals surface area contributed by atoms with Gasteiger partial charge in [0.15, 0.2) is 0 Å². The molecule has 0 atom stereocenters. The van der Waals surface area contributed by atoms with Crippen molar-refractivity contribution in [1.29, 1.82) is 0 Å². The summed E-state index contributed by atoms with van der Waals surface area (Å²) in [4.78, 5) is 2.39. The molecule has 0 unspecified atom stereocenters. The maximum absolute atomic E-state index is 2.39. The lowest BCUT2D eigenvalue weighted by Crippen LogP contribution is -2.11. The Morgan fingerprint density at radius 3 is 1.25 bits per heavy atom. The monoisotopic (exact) mass is 751 g/mol. The summed E-state index contributed by atoms with van der Waals surface area (Å²) < 4.78 is 0. The van der Waals surface area contributed by atoms with Crippen LogP contribution >= 0.6 is 0 Å². The van der Waals surface area contributed by atoms with Crippen LogP contribution in [0.2, 0.25) is 0 Å². The van der Waals surface area contributed by atoms with E-state index in [2.05, 4.69) is 254 Å². The fourth-order valence-corrected chi connectivity index (χ4v) is 8.17. The molecule has 0 spiro atoms. The Labute approximate surface area is 346 Å². The molecule has 0 heterocycles. The van der Waals surface area contributed by atoms with Crippen LogP contribution in [0, 0.1) is 0 Å². The van der Waals surface area contributed by atoms with Crippen molar-refractivity contribution in [2.75, 3.05) is 4.90 Å². The fraction of sp³-hybridized carbons (Fsp3) is 0. The predicted octanol–water partition coefficient (Wildman–Crippen LogP) is 16.3. The van der Waals surface area contributed by atoms with Gasteiger partial charge in [-0.05, 0) is 114 Å². The molecular formula is C58H41N. The summed E-state index contributed by atoms with van der Waals surface area (Å²) in [7, 11) is 0. The van der Waals surface area contributed by atoms with Crippen LogP contribution in [-0.2, 0) is 0 Å². The Hall–Kier alpha value is -7.74. The molecule has 10 aromatic rings. The lowest BCUT2D eigenvalue weighted by molar-refractivity contribution is 1.28. The van der Waals surface area contributed by atoms with Crippen LogP contribution in [0.1, 0.15) is 0 Å². The van der Waals surface area contributed by atoms with Crippen LogP contribution in [0.4, 0.5) is 17.1 Å². The molecule has 1 nitrogen and oxygen atoms in total. The molecule has 10 rings (SSSR count). The second kappa shape index (κ2) is 16.0. The first-order chi connectivity index (χ1) is 29.2. The van der Waals surface area contributed by atoms with Gasteiger partial charge in [0.05, 0.1) is 5.69 Å². The molecule has 278 valence electrons. The van der Waals surface area contributed by atoms with Gasteiger partial charge < -0.3 is 4.90 Å². The van der Waals surface area contributed by atoms with Crippen molar-refractivity contribution in [3.05, 3.63) is 249 Å². The largest absolute Gasteiger partial charge is 0.310 e. The highest BCUT2D eigenvalue weighted by Crippen LogP contribution is 2.42. The number of hydrogen-bond acceptors (Lipinski definition) is 1. The minimum Gasteiger partial charge on any atom is -0.310 e. The highest BCUT2D eigenvalue weighted by atomic mass is 15.1. The molecule has 0 aromatic heterocycles. The van der Waals surface area contributed by atoms with Crippen molar-refractivity contribution < 1.29 is 0 Å². The molecule has 0 saturated carbocycles. The molecule has 0 amide bonds. The lowest BCUT2D eigenvalue weighted by atomic mass is 9.96. The van der Waals surface area contributed by atoms with Crippen molar-refractivity contribution in [2.45, 2.75) is 0 Å². The minimum atomic E-state index is 1.09. The predicted molar refractivity (Wildman–Crippen MR) is 251 cm³/mol. The van der Waals surface area contributed by atoms with Gasteiger partial charge in [-0.2, -0.15) is 0 Å². The smallest absolute Gasteiger partial charge is 0.0540 e. The standard InChI is InChI=1S/C58H41N/c1-3-13-42(14-4-1)44-25-31-48(32-26-44)53-21-12-22-56(41-53)59(58-24-10-9-23-57(58)49-16-5-2-6-17-49)55-37-35-46(36-38-55)45-27-29-47(30-28-45)51-19-11-20-52(39-51)54-34-33-43-15-7-8-18-50(43)40-54/h1-41H. The number of fused-ring (bicyclic) bond motifs is 1. The van der Waals surface area contributed by atoms with E-state index < -0.39 is 0 Å². The number of benzene rings is 10. The molecule has 0 saturated heterocycles. The van der Waals surface area contributed by atoms with E-state index in [0.717, 1.165) is 17.1 Å². The van der Waals surface area contributed by atoms with E-state index in [9.17, 15) is 0 Å². The van der Waals surface area contributed by atoms with Crippen molar-refractivity contribution in [2.24, 2.45) is 0 Å². The van der Waals surface area contributed by atoms with Gasteiger partial charge in [-0.15, -0.1) is 0 Å². The lowest BCUT2D eigenvalue weighted by Gasteiger charge is -2.28. The number of rotatable bonds is 9. The summed E-state index contributed by atoms with van der Waals surface area (Å²) in [5.41, 5.74) is 17.7. The number of para-hydroxylation sites is 1. The molecule has 59 heavy (non-hydrogen) atoms. The number of nitrogens with zero attached hydrogens (tertiary/aromatic N) is 1. The average molecular weight is 752 g/mol. The van der Waals surface area contributed by atoms with E-state index in [1.54, 1.807) is 0 Å². The van der Waals surface area contributed by atoms with Gasteiger partial charge in [-0.25, -0.2) is 0 Å². The molecule has 0 fully saturated rings. The molecule has 0 aliphatic rings. The third-order valence-electron chi connectivity index (χ3n) is 11.3. The molecule has 0 aliphatic carbocycles. The van der Waals surface area contributed by atoms with E-state index in [4.69, 9.17) is 0 Å². The van der Waals surface area contributed by atoms with E-state index in [1.165, 1.54) is 77.5 Å². The molecule has 0 N–H and O–H groups in total. The van der Waals surface area contributed by atoms with Crippen LogP contribution < -0.4 is 4.90 Å². The summed E-state index contributed by atoms with van der Waals surface area (Å²) in [5.74, 6) is 0. The first kappa shape index (κ1) is 35.7. The highest BCUT2D eigenvalue weighted by Gasteiger charge is 2.18.